The number of nitrogens with one attached hydrogen (secondary N) is 1. The molecular weight excluding hydrogens is 142 g/mol. The highest BCUT2D eigenvalue weighted by Crippen LogP contribution is 2.01. The van der Waals surface area contributed by atoms with E-state index >= 15 is 0 Å². The molecule has 11 heavy (non-hydrogen) atoms. The largest absolute Gasteiger partial charge is 0.412 e. The van der Waals surface area contributed by atoms with Crippen LogP contribution in [0.1, 0.15) is 0 Å². The van der Waals surface area contributed by atoms with Crippen LogP contribution in [0.2, 0.25) is 0 Å². The van der Waals surface area contributed by atoms with Crippen molar-refractivity contribution in [2.45, 2.75) is 0 Å². The maximum absolute atomic E-state index is 7.00. The summed E-state index contributed by atoms with van der Waals surface area (Å²) < 4.78 is 0. The Morgan fingerprint density at radius 2 is 1.55 bits per heavy atom. The van der Waals surface area contributed by atoms with Crippen molar-refractivity contribution in [3.05, 3.63) is 30.3 Å². The van der Waals surface area contributed by atoms with Gasteiger partial charge in [-0.25, -0.2) is 0 Å². The summed E-state index contributed by atoms with van der Waals surface area (Å²) in [6.45, 7) is 0. The Kier molecular flexibility index (Phi) is 10.2. The molecule has 0 aliphatic rings. The second-order valence-corrected chi connectivity index (χ2v) is 1.62. The lowest BCUT2D eigenvalue weighted by Crippen LogP contribution is -1.84. The SMILES string of the molecule is CNc1ccccc1.CO.O. The molecule has 0 spiro atoms. The highest BCUT2D eigenvalue weighted by Gasteiger charge is 1.77. The molecule has 3 heteroatoms. The van der Waals surface area contributed by atoms with Crippen LogP contribution in [-0.4, -0.2) is 24.7 Å². The number of anilines is 1. The van der Waals surface area contributed by atoms with Gasteiger partial charge in [0.25, 0.3) is 0 Å². The van der Waals surface area contributed by atoms with E-state index in [2.05, 4.69) is 5.32 Å². The van der Waals surface area contributed by atoms with E-state index in [1.807, 2.05) is 37.4 Å². The van der Waals surface area contributed by atoms with E-state index in [9.17, 15) is 0 Å². The maximum Gasteiger partial charge on any atom is 0.0337 e. The summed E-state index contributed by atoms with van der Waals surface area (Å²) in [5.41, 5.74) is 1.16. The van der Waals surface area contributed by atoms with Crippen LogP contribution in [0.15, 0.2) is 30.3 Å². The van der Waals surface area contributed by atoms with Gasteiger partial charge in [0.1, 0.15) is 0 Å². The van der Waals surface area contributed by atoms with Gasteiger partial charge in [0.05, 0.1) is 0 Å². The molecule has 1 aromatic rings. The van der Waals surface area contributed by atoms with E-state index < -0.39 is 0 Å². The quantitative estimate of drug-likeness (QED) is 0.624. The Labute approximate surface area is 67.0 Å². The van der Waals surface area contributed by atoms with Crippen LogP contribution in [0.25, 0.3) is 0 Å². The summed E-state index contributed by atoms with van der Waals surface area (Å²) in [7, 11) is 2.91. The van der Waals surface area contributed by atoms with E-state index in [4.69, 9.17) is 5.11 Å². The third-order valence-corrected chi connectivity index (χ3v) is 1.06. The van der Waals surface area contributed by atoms with Gasteiger partial charge >= 0.3 is 0 Å². The Bertz CT molecular complexity index is 153. The normalized spacial score (nSPS) is 6.82. The Morgan fingerprint density at radius 1 is 1.09 bits per heavy atom. The predicted molar refractivity (Wildman–Crippen MR) is 47.7 cm³/mol. The second-order valence-electron chi connectivity index (χ2n) is 1.62. The standard InChI is InChI=1S/C7H9N.CH4O.H2O/c1-8-7-5-3-2-4-6-7;1-2;/h2-6,8H,1H3;2H,1H3;1H2. The van der Waals surface area contributed by atoms with Crippen molar-refractivity contribution in [2.24, 2.45) is 0 Å². The fraction of sp³-hybridized carbons (Fsp3) is 0.250. The fourth-order valence-corrected chi connectivity index (χ4v) is 0.605. The summed E-state index contributed by atoms with van der Waals surface area (Å²) >= 11 is 0. The van der Waals surface area contributed by atoms with Crippen LogP contribution >= 0.6 is 0 Å². The summed E-state index contributed by atoms with van der Waals surface area (Å²) in [6.07, 6.45) is 0. The first-order chi connectivity index (χ1) is 4.93. The average Bonchev–Trinajstić information content (AvgIpc) is 2.10. The summed E-state index contributed by atoms with van der Waals surface area (Å²) in [6, 6.07) is 10.1. The third-order valence-electron chi connectivity index (χ3n) is 1.06. The third kappa shape index (κ3) is 5.39. The smallest absolute Gasteiger partial charge is 0.0337 e. The molecule has 64 valence electrons. The average molecular weight is 157 g/mol. The van der Waals surface area contributed by atoms with E-state index in [0.29, 0.717) is 0 Å². The van der Waals surface area contributed by atoms with Crippen molar-refractivity contribution in [2.75, 3.05) is 19.5 Å². The minimum absolute atomic E-state index is 0. The molecule has 0 aliphatic carbocycles. The number of hydrogen-bond donors (Lipinski definition) is 2. The zero-order chi connectivity index (χ0) is 7.82. The molecule has 0 aliphatic heterocycles. The van der Waals surface area contributed by atoms with Crippen LogP contribution in [0.5, 0.6) is 0 Å². The van der Waals surface area contributed by atoms with Crippen LogP contribution in [0.4, 0.5) is 5.69 Å². The second kappa shape index (κ2) is 8.94. The van der Waals surface area contributed by atoms with Crippen LogP contribution in [0, 0.1) is 0 Å². The molecule has 1 aromatic carbocycles. The summed E-state index contributed by atoms with van der Waals surface area (Å²) in [5, 5.41) is 10.0. The molecule has 0 bridgehead atoms. The predicted octanol–water partition coefficient (Wildman–Crippen LogP) is 0.512. The first-order valence-electron chi connectivity index (χ1n) is 3.11. The molecular formula is C8H15NO2. The van der Waals surface area contributed by atoms with Crippen LogP contribution < -0.4 is 5.32 Å². The zero-order valence-electron chi connectivity index (χ0n) is 6.83. The van der Waals surface area contributed by atoms with Crippen molar-refractivity contribution < 1.29 is 10.6 Å². The first-order valence-corrected chi connectivity index (χ1v) is 3.11. The Balaban J connectivity index is 0. The molecule has 0 fully saturated rings. The van der Waals surface area contributed by atoms with E-state index in [-0.39, 0.29) is 5.48 Å². The van der Waals surface area contributed by atoms with Gasteiger partial charge in [-0.3, -0.25) is 0 Å². The Morgan fingerprint density at radius 3 is 1.82 bits per heavy atom. The number of aliphatic hydroxyl groups is 1. The lowest BCUT2D eigenvalue weighted by atomic mass is 10.3. The molecule has 1 rings (SSSR count). The number of para-hydroxylation sites is 1. The van der Waals surface area contributed by atoms with Crippen molar-refractivity contribution in [1.82, 2.24) is 0 Å². The molecule has 0 atom stereocenters. The highest BCUT2D eigenvalue weighted by molar-refractivity contribution is 5.41. The lowest BCUT2D eigenvalue weighted by Gasteiger charge is -1.94. The summed E-state index contributed by atoms with van der Waals surface area (Å²) in [5.74, 6) is 0. The molecule has 0 amide bonds. The summed E-state index contributed by atoms with van der Waals surface area (Å²) in [4.78, 5) is 0. The number of benzene rings is 1. The lowest BCUT2D eigenvalue weighted by molar-refractivity contribution is 0.399. The number of hydrogen-bond acceptors (Lipinski definition) is 2. The first kappa shape index (κ1) is 12.6. The van der Waals surface area contributed by atoms with Gasteiger partial charge < -0.3 is 15.9 Å². The van der Waals surface area contributed by atoms with Gasteiger partial charge in [-0.15, -0.1) is 0 Å². The van der Waals surface area contributed by atoms with Gasteiger partial charge in [-0.05, 0) is 12.1 Å². The van der Waals surface area contributed by atoms with E-state index in [1.165, 1.54) is 0 Å². The molecule has 0 aromatic heterocycles. The van der Waals surface area contributed by atoms with Crippen molar-refractivity contribution in [1.29, 1.82) is 0 Å². The van der Waals surface area contributed by atoms with Crippen molar-refractivity contribution in [3.8, 4) is 0 Å². The minimum atomic E-state index is 0. The fourth-order valence-electron chi connectivity index (χ4n) is 0.605. The van der Waals surface area contributed by atoms with E-state index in [0.717, 1.165) is 12.8 Å². The molecule has 0 saturated heterocycles. The van der Waals surface area contributed by atoms with Crippen LogP contribution in [-0.2, 0) is 0 Å². The van der Waals surface area contributed by atoms with Crippen molar-refractivity contribution in [3.63, 3.8) is 0 Å². The molecule has 0 radical (unpaired) electrons. The van der Waals surface area contributed by atoms with Gasteiger partial charge in [0.15, 0.2) is 0 Å². The number of aliphatic hydroxyl groups excluding tert-OH is 1. The molecule has 0 saturated carbocycles. The van der Waals surface area contributed by atoms with Crippen LogP contribution in [0.3, 0.4) is 0 Å². The topological polar surface area (TPSA) is 63.8 Å². The molecule has 4 N–H and O–H groups in total. The monoisotopic (exact) mass is 157 g/mol. The van der Waals surface area contributed by atoms with Gasteiger partial charge in [0.2, 0.25) is 0 Å². The number of rotatable bonds is 1. The van der Waals surface area contributed by atoms with E-state index in [1.54, 1.807) is 0 Å². The van der Waals surface area contributed by atoms with Gasteiger partial charge in [0, 0.05) is 19.8 Å². The molecule has 0 heterocycles. The molecule has 3 nitrogen and oxygen atoms in total. The highest BCUT2D eigenvalue weighted by atomic mass is 16.2. The maximum atomic E-state index is 7.00. The zero-order valence-corrected chi connectivity index (χ0v) is 6.83. The van der Waals surface area contributed by atoms with Gasteiger partial charge in [-0.2, -0.15) is 0 Å². The van der Waals surface area contributed by atoms with Gasteiger partial charge in [-0.1, -0.05) is 18.2 Å². The Hall–Kier alpha value is -1.06. The minimum Gasteiger partial charge on any atom is -0.412 e. The van der Waals surface area contributed by atoms with Crippen molar-refractivity contribution >= 4 is 5.69 Å². The molecule has 0 unspecified atom stereocenters.